The zero-order valence-corrected chi connectivity index (χ0v) is 14.9. The molecular weight excluding hydrogens is 339 g/mol. The van der Waals surface area contributed by atoms with Crippen molar-refractivity contribution in [2.45, 2.75) is 31.8 Å². The molecule has 0 unspecified atom stereocenters. The van der Waals surface area contributed by atoms with Crippen LogP contribution in [-0.4, -0.2) is 23.4 Å². The molecule has 2 aromatic carbocycles. The highest BCUT2D eigenvalue weighted by atomic mass is 35.5. The summed E-state index contributed by atoms with van der Waals surface area (Å²) >= 11 is 0. The Morgan fingerprint density at radius 3 is 2.32 bits per heavy atom. The van der Waals surface area contributed by atoms with Gasteiger partial charge in [0.15, 0.2) is 0 Å². The van der Waals surface area contributed by atoms with Crippen LogP contribution in [0.15, 0.2) is 54.6 Å². The van der Waals surface area contributed by atoms with E-state index in [9.17, 15) is 9.18 Å². The molecule has 1 fully saturated rings. The molecule has 1 aliphatic rings. The number of amides is 1. The molecule has 1 aliphatic carbocycles. The molecule has 0 aliphatic heterocycles. The van der Waals surface area contributed by atoms with Crippen molar-refractivity contribution in [2.75, 3.05) is 6.54 Å². The Morgan fingerprint density at radius 1 is 1.08 bits per heavy atom. The van der Waals surface area contributed by atoms with Crippen molar-refractivity contribution < 1.29 is 9.18 Å². The van der Waals surface area contributed by atoms with Crippen LogP contribution in [-0.2, 0) is 17.8 Å². The number of rotatable bonds is 7. The van der Waals surface area contributed by atoms with E-state index >= 15 is 0 Å². The third-order valence-corrected chi connectivity index (χ3v) is 4.39. The predicted octanol–water partition coefficient (Wildman–Crippen LogP) is 3.56. The number of benzene rings is 2. The SMILES string of the molecule is Cl.N[C@@H](Cc1ccccc1)C(=O)N(Cc1ccc(F)cc1)CC1CC1. The first-order valence-electron chi connectivity index (χ1n) is 8.44. The van der Waals surface area contributed by atoms with Gasteiger partial charge in [0.25, 0.3) is 0 Å². The molecule has 5 heteroatoms. The van der Waals surface area contributed by atoms with Gasteiger partial charge in [-0.3, -0.25) is 4.79 Å². The summed E-state index contributed by atoms with van der Waals surface area (Å²) in [6, 6.07) is 15.6. The van der Waals surface area contributed by atoms with Crippen molar-refractivity contribution in [3.05, 3.63) is 71.5 Å². The van der Waals surface area contributed by atoms with E-state index in [1.807, 2.05) is 35.2 Å². The molecule has 134 valence electrons. The molecule has 1 amide bonds. The maximum atomic E-state index is 13.1. The van der Waals surface area contributed by atoms with Gasteiger partial charge in [-0.1, -0.05) is 42.5 Å². The summed E-state index contributed by atoms with van der Waals surface area (Å²) in [5, 5.41) is 0. The Balaban J connectivity index is 0.00000225. The summed E-state index contributed by atoms with van der Waals surface area (Å²) in [6.45, 7) is 1.22. The maximum Gasteiger partial charge on any atom is 0.240 e. The van der Waals surface area contributed by atoms with Crippen LogP contribution < -0.4 is 5.73 Å². The molecule has 25 heavy (non-hydrogen) atoms. The van der Waals surface area contributed by atoms with Crippen molar-refractivity contribution in [1.29, 1.82) is 0 Å². The van der Waals surface area contributed by atoms with E-state index in [1.165, 1.54) is 25.0 Å². The van der Waals surface area contributed by atoms with Gasteiger partial charge >= 0.3 is 0 Å². The van der Waals surface area contributed by atoms with E-state index in [0.29, 0.717) is 18.9 Å². The third-order valence-electron chi connectivity index (χ3n) is 4.39. The highest BCUT2D eigenvalue weighted by Gasteiger charge is 2.29. The molecule has 0 bridgehead atoms. The number of nitrogens with zero attached hydrogens (tertiary/aromatic N) is 1. The van der Waals surface area contributed by atoms with E-state index in [4.69, 9.17) is 5.73 Å². The molecule has 0 radical (unpaired) electrons. The summed E-state index contributed by atoms with van der Waals surface area (Å²) in [6.07, 6.45) is 2.87. The number of hydrogen-bond acceptors (Lipinski definition) is 2. The van der Waals surface area contributed by atoms with Gasteiger partial charge in [-0.15, -0.1) is 12.4 Å². The van der Waals surface area contributed by atoms with E-state index in [2.05, 4.69) is 0 Å². The molecule has 0 spiro atoms. The molecule has 0 saturated heterocycles. The van der Waals surface area contributed by atoms with Gasteiger partial charge in [-0.25, -0.2) is 4.39 Å². The number of hydrogen-bond donors (Lipinski definition) is 1. The van der Waals surface area contributed by atoms with Gasteiger partial charge < -0.3 is 10.6 Å². The fourth-order valence-corrected chi connectivity index (χ4v) is 2.84. The van der Waals surface area contributed by atoms with Crippen LogP contribution in [0.1, 0.15) is 24.0 Å². The first-order valence-corrected chi connectivity index (χ1v) is 8.44. The minimum Gasteiger partial charge on any atom is -0.337 e. The molecule has 0 aromatic heterocycles. The Hall–Kier alpha value is -1.91. The Morgan fingerprint density at radius 2 is 1.72 bits per heavy atom. The first kappa shape index (κ1) is 19.4. The third kappa shape index (κ3) is 5.83. The lowest BCUT2D eigenvalue weighted by atomic mass is 10.0. The number of nitrogens with two attached hydrogens (primary N) is 1. The van der Waals surface area contributed by atoms with Crippen LogP contribution in [0.2, 0.25) is 0 Å². The molecule has 1 saturated carbocycles. The van der Waals surface area contributed by atoms with Crippen molar-refractivity contribution in [3.63, 3.8) is 0 Å². The lowest BCUT2D eigenvalue weighted by molar-refractivity contribution is -0.133. The van der Waals surface area contributed by atoms with Gasteiger partial charge in [-0.2, -0.15) is 0 Å². The first-order chi connectivity index (χ1) is 11.6. The lowest BCUT2D eigenvalue weighted by Gasteiger charge is -2.26. The van der Waals surface area contributed by atoms with E-state index in [-0.39, 0.29) is 24.1 Å². The summed E-state index contributed by atoms with van der Waals surface area (Å²) < 4.78 is 13.1. The Bertz CT molecular complexity index is 674. The van der Waals surface area contributed by atoms with Crippen molar-refractivity contribution >= 4 is 18.3 Å². The quantitative estimate of drug-likeness (QED) is 0.818. The highest BCUT2D eigenvalue weighted by Crippen LogP contribution is 2.30. The molecule has 2 N–H and O–H groups in total. The second-order valence-electron chi connectivity index (χ2n) is 6.58. The van der Waals surface area contributed by atoms with Gasteiger partial charge in [0.1, 0.15) is 5.82 Å². The van der Waals surface area contributed by atoms with Crippen molar-refractivity contribution in [3.8, 4) is 0 Å². The summed E-state index contributed by atoms with van der Waals surface area (Å²) in [5.74, 6) is 0.285. The van der Waals surface area contributed by atoms with Crippen LogP contribution in [0, 0.1) is 11.7 Å². The normalized spacial score (nSPS) is 14.5. The maximum absolute atomic E-state index is 13.1. The number of carbonyl (C=O) groups excluding carboxylic acids is 1. The average molecular weight is 363 g/mol. The summed E-state index contributed by atoms with van der Waals surface area (Å²) in [4.78, 5) is 14.6. The standard InChI is InChI=1S/C20H23FN2O.ClH/c21-18-10-8-17(9-11-18)14-23(13-16-6-7-16)20(24)19(22)12-15-4-2-1-3-5-15;/h1-5,8-11,16,19H,6-7,12-14,22H2;1H/t19-;/m0./s1. The zero-order valence-electron chi connectivity index (χ0n) is 14.1. The van der Waals surface area contributed by atoms with E-state index in [1.54, 1.807) is 12.1 Å². The molecule has 1 atom stereocenters. The van der Waals surface area contributed by atoms with E-state index in [0.717, 1.165) is 17.7 Å². The number of halogens is 2. The number of carbonyl (C=O) groups is 1. The fourth-order valence-electron chi connectivity index (χ4n) is 2.84. The second kappa shape index (κ2) is 8.97. The Labute approximate surface area is 154 Å². The average Bonchev–Trinajstić information content (AvgIpc) is 3.40. The van der Waals surface area contributed by atoms with Crippen LogP contribution in [0.25, 0.3) is 0 Å². The van der Waals surface area contributed by atoms with Crippen LogP contribution >= 0.6 is 12.4 Å². The van der Waals surface area contributed by atoms with E-state index < -0.39 is 6.04 Å². The highest BCUT2D eigenvalue weighted by molar-refractivity contribution is 5.85. The van der Waals surface area contributed by atoms with Gasteiger partial charge in [-0.05, 0) is 48.4 Å². The zero-order chi connectivity index (χ0) is 16.9. The molecule has 2 aromatic rings. The van der Waals surface area contributed by atoms with Crippen molar-refractivity contribution in [1.82, 2.24) is 4.90 Å². The molecular formula is C20H24ClFN2O. The molecule has 3 nitrogen and oxygen atoms in total. The van der Waals surface area contributed by atoms with Crippen molar-refractivity contribution in [2.24, 2.45) is 11.7 Å². The van der Waals surface area contributed by atoms with Gasteiger partial charge in [0.2, 0.25) is 5.91 Å². The van der Waals surface area contributed by atoms with Crippen LogP contribution in [0.5, 0.6) is 0 Å². The van der Waals surface area contributed by atoms with Crippen LogP contribution in [0.3, 0.4) is 0 Å². The second-order valence-corrected chi connectivity index (χ2v) is 6.58. The minimum absolute atomic E-state index is 0. The Kier molecular flexibility index (Phi) is 6.97. The minimum atomic E-state index is -0.549. The van der Waals surface area contributed by atoms with Gasteiger partial charge in [0, 0.05) is 13.1 Å². The fraction of sp³-hybridized carbons (Fsp3) is 0.350. The monoisotopic (exact) mass is 362 g/mol. The lowest BCUT2D eigenvalue weighted by Crippen LogP contribution is -2.45. The predicted molar refractivity (Wildman–Crippen MR) is 99.9 cm³/mol. The molecule has 3 rings (SSSR count). The smallest absolute Gasteiger partial charge is 0.240 e. The van der Waals surface area contributed by atoms with Gasteiger partial charge in [0.05, 0.1) is 6.04 Å². The summed E-state index contributed by atoms with van der Waals surface area (Å²) in [7, 11) is 0. The summed E-state index contributed by atoms with van der Waals surface area (Å²) in [5.41, 5.74) is 8.16. The van der Waals surface area contributed by atoms with Crippen LogP contribution in [0.4, 0.5) is 4.39 Å². The largest absolute Gasteiger partial charge is 0.337 e. The molecule has 0 heterocycles. The topological polar surface area (TPSA) is 46.3 Å².